The molecule has 0 atom stereocenters. The molecule has 28 heavy (non-hydrogen) atoms. The van der Waals surface area contributed by atoms with E-state index in [4.69, 9.17) is 9.47 Å². The first-order valence-corrected chi connectivity index (χ1v) is 8.46. The van der Waals surface area contributed by atoms with Crippen molar-refractivity contribution in [3.8, 4) is 17.2 Å². The van der Waals surface area contributed by atoms with Gasteiger partial charge in [0.2, 0.25) is 0 Å². The number of benzene rings is 2. The number of rotatable bonds is 6. The van der Waals surface area contributed by atoms with Crippen LogP contribution in [0.5, 0.6) is 17.2 Å². The zero-order chi connectivity index (χ0) is 20.1. The SMILES string of the molecule is Cc1cccc(OCCOc2ccc(O)cc2C=C2C(=O)NC(=O)NC2=O)c1. The molecule has 3 rings (SSSR count). The van der Waals surface area contributed by atoms with Gasteiger partial charge in [0.25, 0.3) is 11.8 Å². The molecule has 1 fully saturated rings. The van der Waals surface area contributed by atoms with Gasteiger partial charge in [-0.1, -0.05) is 12.1 Å². The smallest absolute Gasteiger partial charge is 0.328 e. The van der Waals surface area contributed by atoms with Gasteiger partial charge in [0, 0.05) is 5.56 Å². The van der Waals surface area contributed by atoms with Crippen LogP contribution in [0, 0.1) is 6.92 Å². The van der Waals surface area contributed by atoms with Crippen molar-refractivity contribution in [3.63, 3.8) is 0 Å². The number of hydrogen-bond donors (Lipinski definition) is 3. The molecule has 3 N–H and O–H groups in total. The summed E-state index contributed by atoms with van der Waals surface area (Å²) in [5.41, 5.74) is 1.12. The highest BCUT2D eigenvalue weighted by atomic mass is 16.5. The highest BCUT2D eigenvalue weighted by molar-refractivity contribution is 6.31. The minimum Gasteiger partial charge on any atom is -0.508 e. The van der Waals surface area contributed by atoms with E-state index in [9.17, 15) is 19.5 Å². The quantitative estimate of drug-likeness (QED) is 0.400. The summed E-state index contributed by atoms with van der Waals surface area (Å²) in [6.07, 6.45) is 1.24. The zero-order valence-corrected chi connectivity index (χ0v) is 15.0. The maximum Gasteiger partial charge on any atom is 0.328 e. The third-order valence-corrected chi connectivity index (χ3v) is 3.84. The average molecular weight is 382 g/mol. The van der Waals surface area contributed by atoms with Crippen LogP contribution in [0.2, 0.25) is 0 Å². The summed E-state index contributed by atoms with van der Waals surface area (Å²) in [7, 11) is 0. The van der Waals surface area contributed by atoms with E-state index >= 15 is 0 Å². The number of aromatic hydroxyl groups is 1. The number of urea groups is 1. The molecule has 0 aromatic heterocycles. The van der Waals surface area contributed by atoms with Gasteiger partial charge in [-0.25, -0.2) is 4.79 Å². The monoisotopic (exact) mass is 382 g/mol. The van der Waals surface area contributed by atoms with Crippen LogP contribution >= 0.6 is 0 Å². The largest absolute Gasteiger partial charge is 0.508 e. The molecule has 8 nitrogen and oxygen atoms in total. The molecule has 4 amide bonds. The number of imide groups is 2. The normalized spacial score (nSPS) is 13.6. The van der Waals surface area contributed by atoms with Crippen LogP contribution < -0.4 is 20.1 Å². The first-order chi connectivity index (χ1) is 13.4. The van der Waals surface area contributed by atoms with Crippen LogP contribution in [0.3, 0.4) is 0 Å². The van der Waals surface area contributed by atoms with Crippen molar-refractivity contribution < 1.29 is 29.0 Å². The molecule has 0 aliphatic carbocycles. The predicted molar refractivity (Wildman–Crippen MR) is 99.9 cm³/mol. The second-order valence-corrected chi connectivity index (χ2v) is 6.03. The fraction of sp³-hybridized carbons (Fsp3) is 0.150. The molecule has 0 saturated carbocycles. The van der Waals surface area contributed by atoms with Crippen molar-refractivity contribution in [2.45, 2.75) is 6.92 Å². The van der Waals surface area contributed by atoms with Crippen LogP contribution in [0.15, 0.2) is 48.0 Å². The summed E-state index contributed by atoms with van der Waals surface area (Å²) >= 11 is 0. The summed E-state index contributed by atoms with van der Waals surface area (Å²) in [5.74, 6) is -0.660. The lowest BCUT2D eigenvalue weighted by Crippen LogP contribution is -2.51. The summed E-state index contributed by atoms with van der Waals surface area (Å²) in [5, 5.41) is 13.7. The molecule has 1 aliphatic heterocycles. The van der Waals surface area contributed by atoms with Gasteiger partial charge in [-0.15, -0.1) is 0 Å². The summed E-state index contributed by atoms with van der Waals surface area (Å²) < 4.78 is 11.3. The second kappa shape index (κ2) is 8.26. The van der Waals surface area contributed by atoms with E-state index < -0.39 is 17.8 Å². The first-order valence-electron chi connectivity index (χ1n) is 8.46. The molecular formula is C20H18N2O6. The maximum atomic E-state index is 11.9. The predicted octanol–water partition coefficient (Wildman–Crippen LogP) is 1.91. The van der Waals surface area contributed by atoms with Gasteiger partial charge in [-0.3, -0.25) is 20.2 Å². The van der Waals surface area contributed by atoms with E-state index in [0.29, 0.717) is 11.3 Å². The van der Waals surface area contributed by atoms with Crippen LogP contribution in [-0.4, -0.2) is 36.2 Å². The van der Waals surface area contributed by atoms with Crippen molar-refractivity contribution in [2.75, 3.05) is 13.2 Å². The molecular weight excluding hydrogens is 364 g/mol. The molecule has 0 unspecified atom stereocenters. The maximum absolute atomic E-state index is 11.9. The van der Waals surface area contributed by atoms with E-state index in [-0.39, 0.29) is 24.5 Å². The molecule has 0 bridgehead atoms. The Morgan fingerprint density at radius 2 is 1.68 bits per heavy atom. The van der Waals surface area contributed by atoms with Crippen molar-refractivity contribution in [3.05, 3.63) is 59.2 Å². The zero-order valence-electron chi connectivity index (χ0n) is 15.0. The molecule has 0 radical (unpaired) electrons. The van der Waals surface area contributed by atoms with Gasteiger partial charge in [-0.2, -0.15) is 0 Å². The van der Waals surface area contributed by atoms with Crippen molar-refractivity contribution >= 4 is 23.9 Å². The van der Waals surface area contributed by atoms with Crippen LogP contribution in [0.25, 0.3) is 6.08 Å². The lowest BCUT2D eigenvalue weighted by molar-refractivity contribution is -0.123. The molecule has 144 valence electrons. The minimum atomic E-state index is -0.882. The van der Waals surface area contributed by atoms with Crippen LogP contribution in [-0.2, 0) is 9.59 Å². The Bertz CT molecular complexity index is 945. The van der Waals surface area contributed by atoms with E-state index in [0.717, 1.165) is 11.3 Å². The number of aryl methyl sites for hydroxylation is 1. The van der Waals surface area contributed by atoms with Gasteiger partial charge in [0.15, 0.2) is 0 Å². The third kappa shape index (κ3) is 4.67. The number of hydrogen-bond acceptors (Lipinski definition) is 6. The van der Waals surface area contributed by atoms with Gasteiger partial charge in [0.1, 0.15) is 36.0 Å². The Morgan fingerprint density at radius 1 is 0.964 bits per heavy atom. The van der Waals surface area contributed by atoms with Crippen LogP contribution in [0.1, 0.15) is 11.1 Å². The topological polar surface area (TPSA) is 114 Å². The Labute approximate surface area is 160 Å². The fourth-order valence-corrected chi connectivity index (χ4v) is 2.56. The number of ether oxygens (including phenoxy) is 2. The molecule has 1 heterocycles. The number of phenolic OH excluding ortho intramolecular Hbond substituents is 1. The van der Waals surface area contributed by atoms with E-state index in [1.165, 1.54) is 24.3 Å². The highest BCUT2D eigenvalue weighted by Gasteiger charge is 2.28. The second-order valence-electron chi connectivity index (χ2n) is 6.03. The number of phenols is 1. The van der Waals surface area contributed by atoms with Gasteiger partial charge in [0.05, 0.1) is 0 Å². The molecule has 1 saturated heterocycles. The lowest BCUT2D eigenvalue weighted by Gasteiger charge is -2.15. The van der Waals surface area contributed by atoms with Crippen molar-refractivity contribution in [1.82, 2.24) is 10.6 Å². The Balaban J connectivity index is 1.70. The van der Waals surface area contributed by atoms with Gasteiger partial charge in [-0.05, 0) is 48.9 Å². The fourth-order valence-electron chi connectivity index (χ4n) is 2.56. The summed E-state index contributed by atoms with van der Waals surface area (Å²) in [4.78, 5) is 34.9. The molecule has 0 spiro atoms. The molecule has 2 aromatic carbocycles. The van der Waals surface area contributed by atoms with Crippen LogP contribution in [0.4, 0.5) is 4.79 Å². The number of nitrogens with one attached hydrogen (secondary N) is 2. The van der Waals surface area contributed by atoms with Gasteiger partial charge < -0.3 is 14.6 Å². The molecule has 1 aliphatic rings. The van der Waals surface area contributed by atoms with Gasteiger partial charge >= 0.3 is 6.03 Å². The molecule has 8 heteroatoms. The standard InChI is InChI=1S/C20H18N2O6/c1-12-3-2-4-15(9-12)27-7-8-28-17-6-5-14(23)10-13(17)11-16-18(24)21-20(26)22-19(16)25/h2-6,9-11,23H,7-8H2,1H3,(H2,21,22,24,25,26). The highest BCUT2D eigenvalue weighted by Crippen LogP contribution is 2.26. The number of barbiturate groups is 1. The number of carbonyl (C=O) groups is 3. The number of carbonyl (C=O) groups excluding carboxylic acids is 3. The Kier molecular flexibility index (Phi) is 5.59. The Hall–Kier alpha value is -3.81. The number of amides is 4. The molecule has 2 aromatic rings. The van der Waals surface area contributed by atoms with E-state index in [1.807, 2.05) is 41.8 Å². The van der Waals surface area contributed by atoms with Crippen molar-refractivity contribution in [1.29, 1.82) is 0 Å². The van der Waals surface area contributed by atoms with Crippen molar-refractivity contribution in [2.24, 2.45) is 0 Å². The summed E-state index contributed by atoms with van der Waals surface area (Å²) in [6, 6.07) is 11.0. The average Bonchev–Trinajstić information content (AvgIpc) is 2.63. The Morgan fingerprint density at radius 3 is 2.39 bits per heavy atom. The minimum absolute atomic E-state index is 0.0667. The first kappa shape index (κ1) is 19.0. The third-order valence-electron chi connectivity index (χ3n) is 3.84. The van der Waals surface area contributed by atoms with E-state index in [1.54, 1.807) is 0 Å². The lowest BCUT2D eigenvalue weighted by atomic mass is 10.1. The van der Waals surface area contributed by atoms with E-state index in [2.05, 4.69) is 0 Å². The summed E-state index contributed by atoms with van der Waals surface area (Å²) in [6.45, 7) is 2.44.